The average molecular weight is 342 g/mol. The van der Waals surface area contributed by atoms with Gasteiger partial charge in [-0.05, 0) is 18.6 Å². The number of benzene rings is 1. The van der Waals surface area contributed by atoms with Crippen LogP contribution in [0.3, 0.4) is 0 Å². The molecule has 0 aliphatic heterocycles. The summed E-state index contributed by atoms with van der Waals surface area (Å²) in [6.45, 7) is 1.06. The van der Waals surface area contributed by atoms with Gasteiger partial charge in [-0.1, -0.05) is 11.6 Å². The number of aromatic hydroxyl groups is 1. The van der Waals surface area contributed by atoms with Crippen molar-refractivity contribution in [3.63, 3.8) is 0 Å². The van der Waals surface area contributed by atoms with Gasteiger partial charge < -0.3 is 25.1 Å². The summed E-state index contributed by atoms with van der Waals surface area (Å²) in [4.78, 5) is 23.9. The number of hydrogen-bond acceptors (Lipinski definition) is 6. The van der Waals surface area contributed by atoms with Gasteiger partial charge in [-0.3, -0.25) is 4.79 Å². The standard InChI is InChI=1S/C15H16ClNO6/c1-7-9-2-11(16)12(20)4-13(9)23-15(22)10(7)3-14(21)17-5-8(19)6-18/h2,4,8,18-20H,3,5-6H2,1H3,(H,17,21)/t8-/m0/s1. The minimum atomic E-state index is -1.06. The largest absolute Gasteiger partial charge is 0.506 e. The summed E-state index contributed by atoms with van der Waals surface area (Å²) in [6.07, 6.45) is -1.30. The van der Waals surface area contributed by atoms with Crippen LogP contribution < -0.4 is 10.9 Å². The predicted octanol–water partition coefficient (Wildman–Crippen LogP) is 0.472. The number of phenolic OH excluding ortho intramolecular Hbond substituents is 1. The van der Waals surface area contributed by atoms with Gasteiger partial charge >= 0.3 is 5.63 Å². The highest BCUT2D eigenvalue weighted by molar-refractivity contribution is 6.32. The average Bonchev–Trinajstić information content (AvgIpc) is 2.51. The van der Waals surface area contributed by atoms with E-state index in [1.165, 1.54) is 12.1 Å². The number of halogens is 1. The van der Waals surface area contributed by atoms with Crippen LogP contribution in [0, 0.1) is 6.92 Å². The SMILES string of the molecule is Cc1c(CC(=O)NC[C@H](O)CO)c(=O)oc2cc(O)c(Cl)cc12. The van der Waals surface area contributed by atoms with E-state index in [-0.39, 0.29) is 34.9 Å². The van der Waals surface area contributed by atoms with Crippen molar-refractivity contribution in [3.8, 4) is 5.75 Å². The number of carbonyl (C=O) groups is 1. The molecule has 1 heterocycles. The zero-order valence-corrected chi connectivity index (χ0v) is 13.1. The van der Waals surface area contributed by atoms with E-state index < -0.39 is 24.2 Å². The lowest BCUT2D eigenvalue weighted by Gasteiger charge is -2.11. The second-order valence-electron chi connectivity index (χ2n) is 5.11. The van der Waals surface area contributed by atoms with E-state index in [9.17, 15) is 19.8 Å². The summed E-state index contributed by atoms with van der Waals surface area (Å²) in [5.41, 5.74) is 0.176. The van der Waals surface area contributed by atoms with Gasteiger partial charge in [0.05, 0.1) is 29.7 Å². The van der Waals surface area contributed by atoms with Crippen LogP contribution in [0.25, 0.3) is 11.0 Å². The maximum absolute atomic E-state index is 12.0. The Hall–Kier alpha value is -2.09. The first-order chi connectivity index (χ1) is 10.8. The van der Waals surface area contributed by atoms with Gasteiger partial charge in [-0.25, -0.2) is 4.79 Å². The van der Waals surface area contributed by atoms with Crippen LogP contribution >= 0.6 is 11.6 Å². The van der Waals surface area contributed by atoms with E-state index in [1.807, 2.05) is 0 Å². The van der Waals surface area contributed by atoms with Gasteiger partial charge in [-0.15, -0.1) is 0 Å². The maximum Gasteiger partial charge on any atom is 0.340 e. The fraction of sp³-hybridized carbons (Fsp3) is 0.333. The summed E-state index contributed by atoms with van der Waals surface area (Å²) in [5, 5.41) is 30.5. The molecule has 0 bridgehead atoms. The fourth-order valence-corrected chi connectivity index (χ4v) is 2.28. The third-order valence-corrected chi connectivity index (χ3v) is 3.74. The van der Waals surface area contributed by atoms with Crippen molar-refractivity contribution in [1.82, 2.24) is 5.32 Å². The molecule has 0 aliphatic rings. The molecule has 0 fully saturated rings. The number of phenols is 1. The zero-order valence-electron chi connectivity index (χ0n) is 12.3. The van der Waals surface area contributed by atoms with Gasteiger partial charge in [0.25, 0.3) is 0 Å². The molecule has 0 saturated heterocycles. The predicted molar refractivity (Wildman–Crippen MR) is 83.7 cm³/mol. The molecular formula is C15H16ClNO6. The Labute approximate surface area is 136 Å². The molecule has 7 nitrogen and oxygen atoms in total. The van der Waals surface area contributed by atoms with Gasteiger partial charge in [-0.2, -0.15) is 0 Å². The van der Waals surface area contributed by atoms with Crippen molar-refractivity contribution in [2.24, 2.45) is 0 Å². The molecule has 2 rings (SSSR count). The van der Waals surface area contributed by atoms with E-state index in [2.05, 4.69) is 5.32 Å². The van der Waals surface area contributed by atoms with Crippen molar-refractivity contribution in [3.05, 3.63) is 38.7 Å². The van der Waals surface area contributed by atoms with E-state index in [1.54, 1.807) is 6.92 Å². The normalized spacial score (nSPS) is 12.3. The van der Waals surface area contributed by atoms with E-state index in [4.69, 9.17) is 21.1 Å². The first-order valence-corrected chi connectivity index (χ1v) is 7.21. The molecule has 0 aliphatic carbocycles. The smallest absolute Gasteiger partial charge is 0.340 e. The first-order valence-electron chi connectivity index (χ1n) is 6.84. The molecule has 0 unspecified atom stereocenters. The third-order valence-electron chi connectivity index (χ3n) is 3.44. The molecule has 4 N–H and O–H groups in total. The number of hydrogen-bond donors (Lipinski definition) is 4. The minimum absolute atomic E-state index is 0.107. The molecule has 0 spiro atoms. The minimum Gasteiger partial charge on any atom is -0.506 e. The molecule has 2 aromatic rings. The maximum atomic E-state index is 12.0. The van der Waals surface area contributed by atoms with Crippen molar-refractivity contribution in [1.29, 1.82) is 0 Å². The Morgan fingerprint density at radius 2 is 2.13 bits per heavy atom. The highest BCUT2D eigenvalue weighted by Crippen LogP contribution is 2.30. The van der Waals surface area contributed by atoms with Gasteiger partial charge in [0.1, 0.15) is 11.3 Å². The molecule has 0 saturated carbocycles. The van der Waals surface area contributed by atoms with Gasteiger partial charge in [0, 0.05) is 18.0 Å². The second-order valence-corrected chi connectivity index (χ2v) is 5.52. The molecule has 0 radical (unpaired) electrons. The first kappa shape index (κ1) is 17.3. The number of aryl methyl sites for hydroxylation is 1. The Morgan fingerprint density at radius 3 is 2.78 bits per heavy atom. The number of nitrogens with one attached hydrogen (secondary N) is 1. The van der Waals surface area contributed by atoms with E-state index >= 15 is 0 Å². The number of amides is 1. The second kappa shape index (κ2) is 6.99. The van der Waals surface area contributed by atoms with Crippen LogP contribution in [0.15, 0.2) is 21.3 Å². The molecule has 1 amide bonds. The topological polar surface area (TPSA) is 120 Å². The lowest BCUT2D eigenvalue weighted by Crippen LogP contribution is -2.35. The molecule has 23 heavy (non-hydrogen) atoms. The van der Waals surface area contributed by atoms with E-state index in [0.29, 0.717) is 10.9 Å². The summed E-state index contributed by atoms with van der Waals surface area (Å²) in [6, 6.07) is 2.70. The molecular weight excluding hydrogens is 326 g/mol. The van der Waals surface area contributed by atoms with Crippen molar-refractivity contribution in [2.75, 3.05) is 13.2 Å². The van der Waals surface area contributed by atoms with Gasteiger partial charge in [0.2, 0.25) is 5.91 Å². The van der Waals surface area contributed by atoms with Crippen LogP contribution in [0.2, 0.25) is 5.02 Å². The molecule has 124 valence electrons. The van der Waals surface area contributed by atoms with Crippen molar-refractivity contribution in [2.45, 2.75) is 19.4 Å². The lowest BCUT2D eigenvalue weighted by molar-refractivity contribution is -0.121. The number of aliphatic hydroxyl groups is 2. The van der Waals surface area contributed by atoms with Crippen LogP contribution in [-0.4, -0.2) is 40.5 Å². The zero-order chi connectivity index (χ0) is 17.1. The molecule has 1 atom stereocenters. The number of carbonyl (C=O) groups excluding carboxylic acids is 1. The number of fused-ring (bicyclic) bond motifs is 1. The number of rotatable bonds is 5. The van der Waals surface area contributed by atoms with Crippen LogP contribution in [0.1, 0.15) is 11.1 Å². The van der Waals surface area contributed by atoms with E-state index in [0.717, 1.165) is 0 Å². The van der Waals surface area contributed by atoms with Crippen molar-refractivity contribution < 1.29 is 24.5 Å². The summed E-state index contributed by atoms with van der Waals surface area (Å²) >= 11 is 5.86. The van der Waals surface area contributed by atoms with Gasteiger partial charge in [0.15, 0.2) is 0 Å². The third kappa shape index (κ3) is 3.82. The van der Waals surface area contributed by atoms with Crippen LogP contribution in [-0.2, 0) is 11.2 Å². The molecule has 1 aromatic carbocycles. The highest BCUT2D eigenvalue weighted by Gasteiger charge is 2.16. The Morgan fingerprint density at radius 1 is 1.43 bits per heavy atom. The number of aliphatic hydroxyl groups excluding tert-OH is 2. The molecule has 8 heteroatoms. The van der Waals surface area contributed by atoms with Crippen LogP contribution in [0.5, 0.6) is 5.75 Å². The molecule has 1 aromatic heterocycles. The Kier molecular flexibility index (Phi) is 5.25. The highest BCUT2D eigenvalue weighted by atomic mass is 35.5. The summed E-state index contributed by atoms with van der Waals surface area (Å²) in [7, 11) is 0. The Balaban J connectivity index is 2.32. The quantitative estimate of drug-likeness (QED) is 0.587. The Bertz CT molecular complexity index is 801. The summed E-state index contributed by atoms with van der Waals surface area (Å²) in [5.74, 6) is -0.692. The summed E-state index contributed by atoms with van der Waals surface area (Å²) < 4.78 is 5.11. The lowest BCUT2D eigenvalue weighted by atomic mass is 10.0. The van der Waals surface area contributed by atoms with Crippen molar-refractivity contribution >= 4 is 28.5 Å². The van der Waals surface area contributed by atoms with Crippen LogP contribution in [0.4, 0.5) is 0 Å². The fourth-order valence-electron chi connectivity index (χ4n) is 2.12. The monoisotopic (exact) mass is 341 g/mol.